The fourth-order valence-corrected chi connectivity index (χ4v) is 1.55. The Morgan fingerprint density at radius 1 is 1.45 bits per heavy atom. The number of carbonyl (C=O) groups excluding carboxylic acids is 1. The number of nitrogens with zero attached hydrogens (tertiary/aromatic N) is 1. The van der Waals surface area contributed by atoms with Gasteiger partial charge < -0.3 is 20.0 Å². The minimum Gasteiger partial charge on any atom is -0.547 e. The van der Waals surface area contributed by atoms with Crippen LogP contribution in [-0.2, 0) is 4.79 Å². The van der Waals surface area contributed by atoms with Gasteiger partial charge in [-0.1, -0.05) is 5.26 Å². The number of carbonyl (C=O) groups is 1. The molecule has 1 atom stereocenters. The van der Waals surface area contributed by atoms with Gasteiger partial charge in [0.25, 0.3) is 5.56 Å². The number of aliphatic hydroxyl groups excluding tert-OH is 1. The number of aromatic nitrogens is 2. The Kier molecular flexibility index (Phi) is 5.98. The first-order chi connectivity index (χ1) is 10.4. The molecular weight excluding hydrogens is 286 g/mol. The largest absolute Gasteiger partial charge is 0.547 e. The summed E-state index contributed by atoms with van der Waals surface area (Å²) in [7, 11) is 0. The van der Waals surface area contributed by atoms with Crippen molar-refractivity contribution in [2.24, 2.45) is 0 Å². The van der Waals surface area contributed by atoms with Crippen LogP contribution in [0.1, 0.15) is 18.2 Å². The van der Waals surface area contributed by atoms with Gasteiger partial charge in [0, 0.05) is 23.7 Å². The molecule has 3 N–H and O–H groups in total. The van der Waals surface area contributed by atoms with Gasteiger partial charge in [-0.25, -0.2) is 0 Å². The highest BCUT2D eigenvalue weighted by molar-refractivity contribution is 5.68. The summed E-state index contributed by atoms with van der Waals surface area (Å²) in [5, 5.41) is 24.3. The van der Waals surface area contributed by atoms with Crippen LogP contribution in [0.15, 0.2) is 35.4 Å². The summed E-state index contributed by atoms with van der Waals surface area (Å²) in [6, 6.07) is 7.50. The molecule has 0 aliphatic heterocycles. The Morgan fingerprint density at radius 3 is 2.45 bits per heavy atom. The zero-order valence-corrected chi connectivity index (χ0v) is 12.1. The van der Waals surface area contributed by atoms with Gasteiger partial charge in [0.05, 0.1) is 12.1 Å². The van der Waals surface area contributed by atoms with Crippen molar-refractivity contribution < 1.29 is 20.3 Å². The van der Waals surface area contributed by atoms with Gasteiger partial charge in [-0.15, -0.1) is 0 Å². The number of nitrogens with one attached hydrogen (secondary N) is 2. The van der Waals surface area contributed by atoms with Crippen molar-refractivity contribution in [2.75, 3.05) is 0 Å². The zero-order chi connectivity index (χ0) is 16.7. The number of hydrogen-bond donors (Lipinski definition) is 3. The molecule has 2 heterocycles. The molecule has 0 bridgehead atoms. The van der Waals surface area contributed by atoms with E-state index in [0.29, 0.717) is 0 Å². The van der Waals surface area contributed by atoms with Crippen molar-refractivity contribution in [1.29, 1.82) is 0 Å². The quantitative estimate of drug-likeness (QED) is 0.589. The average Bonchev–Trinajstić information content (AvgIpc) is 2.49. The third-order valence-electron chi connectivity index (χ3n) is 2.71. The number of pyridine rings is 2. The SMILES string of the molecule is CC(O)C(=O)[O-].Cc1[nH]c(=O)c(C#[NH+])cc1-c1ccncc1. The minimum atomic E-state index is -1.44. The van der Waals surface area contributed by atoms with Crippen LogP contribution < -0.4 is 15.9 Å². The topological polar surface area (TPSA) is 130 Å². The van der Waals surface area contributed by atoms with Crippen LogP contribution in [0, 0.1) is 13.0 Å². The predicted octanol–water partition coefficient (Wildman–Crippen LogP) is -2.02. The van der Waals surface area contributed by atoms with Crippen molar-refractivity contribution in [3.05, 3.63) is 52.2 Å². The van der Waals surface area contributed by atoms with Gasteiger partial charge in [0.1, 0.15) is 0 Å². The Labute approximate surface area is 126 Å². The molecule has 2 rings (SSSR count). The average molecular weight is 301 g/mol. The first-order valence-corrected chi connectivity index (χ1v) is 6.32. The van der Waals surface area contributed by atoms with Crippen molar-refractivity contribution in [1.82, 2.24) is 9.97 Å². The van der Waals surface area contributed by atoms with Crippen LogP contribution in [0.25, 0.3) is 11.1 Å². The zero-order valence-electron chi connectivity index (χ0n) is 12.1. The maximum atomic E-state index is 11.4. The number of carboxylic acid groups (broad SMARTS) is 1. The second kappa shape index (κ2) is 7.71. The molecule has 2 aromatic heterocycles. The number of H-pyrrole nitrogens is 1. The smallest absolute Gasteiger partial charge is 0.314 e. The van der Waals surface area contributed by atoms with Crippen LogP contribution >= 0.6 is 0 Å². The Balaban J connectivity index is 0.000000346. The van der Waals surface area contributed by atoms with Crippen LogP contribution in [0.3, 0.4) is 0 Å². The fraction of sp³-hybridized carbons (Fsp3) is 0.200. The molecule has 114 valence electrons. The molecule has 0 spiro atoms. The Bertz CT molecular complexity index is 746. The number of carboxylic acids is 1. The van der Waals surface area contributed by atoms with Crippen LogP contribution in [0.4, 0.5) is 0 Å². The first-order valence-electron chi connectivity index (χ1n) is 6.32. The lowest BCUT2D eigenvalue weighted by molar-refractivity contribution is -0.314. The number of aliphatic hydroxyl groups is 1. The second-order valence-corrected chi connectivity index (χ2v) is 4.41. The van der Waals surface area contributed by atoms with E-state index in [1.165, 1.54) is 0 Å². The molecule has 0 aromatic carbocycles. The number of aryl methyl sites for hydroxylation is 1. The molecule has 0 aliphatic carbocycles. The summed E-state index contributed by atoms with van der Waals surface area (Å²) in [6.45, 7) is 2.96. The molecule has 7 heteroatoms. The van der Waals surface area contributed by atoms with E-state index in [9.17, 15) is 14.7 Å². The van der Waals surface area contributed by atoms with E-state index in [2.05, 4.69) is 16.0 Å². The van der Waals surface area contributed by atoms with E-state index >= 15 is 0 Å². The third-order valence-corrected chi connectivity index (χ3v) is 2.71. The molecule has 0 amide bonds. The summed E-state index contributed by atoms with van der Waals surface area (Å²) in [5.74, 6) is -1.44. The van der Waals surface area contributed by atoms with Crippen molar-refractivity contribution in [3.63, 3.8) is 0 Å². The minimum absolute atomic E-state index is 0.234. The van der Waals surface area contributed by atoms with Crippen molar-refractivity contribution in [2.45, 2.75) is 20.0 Å². The lowest BCUT2D eigenvalue weighted by Crippen LogP contribution is -2.32. The third kappa shape index (κ3) is 4.54. The molecule has 1 unspecified atom stereocenters. The maximum Gasteiger partial charge on any atom is 0.314 e. The van der Waals surface area contributed by atoms with E-state index in [0.717, 1.165) is 23.7 Å². The summed E-state index contributed by atoms with van der Waals surface area (Å²) in [4.78, 5) is 27.4. The summed E-state index contributed by atoms with van der Waals surface area (Å²) >= 11 is 0. The molecule has 0 aliphatic rings. The van der Waals surface area contributed by atoms with E-state index in [4.69, 9.17) is 10.4 Å². The molecule has 0 radical (unpaired) electrons. The summed E-state index contributed by atoms with van der Waals surface area (Å²) in [5.41, 5.74) is 2.56. The Hall–Kier alpha value is -2.98. The monoisotopic (exact) mass is 301 g/mol. The van der Waals surface area contributed by atoms with E-state index in [1.807, 2.05) is 19.1 Å². The van der Waals surface area contributed by atoms with Gasteiger partial charge in [-0.05, 0) is 37.6 Å². The van der Waals surface area contributed by atoms with E-state index in [1.54, 1.807) is 18.5 Å². The highest BCUT2D eigenvalue weighted by Gasteiger charge is 2.08. The van der Waals surface area contributed by atoms with Gasteiger partial charge in [0.2, 0.25) is 0 Å². The first kappa shape index (κ1) is 17.1. The number of aromatic amines is 1. The second-order valence-electron chi connectivity index (χ2n) is 4.41. The van der Waals surface area contributed by atoms with Gasteiger partial charge in [0.15, 0.2) is 5.56 Å². The predicted molar refractivity (Wildman–Crippen MR) is 75.7 cm³/mol. The molecule has 0 saturated heterocycles. The molecule has 7 nitrogen and oxygen atoms in total. The summed E-state index contributed by atoms with van der Waals surface area (Å²) < 4.78 is 0. The standard InChI is InChI=1S/C12H9N3O.C3H6O3/c1-8-11(9-2-4-14-5-3-9)6-10(7-13)12(16)15-8;1-2(4)3(5)6/h2-6H,1H3,(H,15,16);2,4H,1H3,(H,5,6). The molecule has 0 saturated carbocycles. The normalized spacial score (nSPS) is 10.8. The molecule has 2 aromatic rings. The van der Waals surface area contributed by atoms with E-state index in [-0.39, 0.29) is 11.1 Å². The van der Waals surface area contributed by atoms with Crippen LogP contribution in [-0.4, -0.2) is 27.1 Å². The van der Waals surface area contributed by atoms with Crippen LogP contribution in [0.2, 0.25) is 0 Å². The number of hydrogen-bond acceptors (Lipinski definition) is 5. The van der Waals surface area contributed by atoms with Gasteiger partial charge in [-0.2, -0.15) is 0 Å². The lowest BCUT2D eigenvalue weighted by Gasteiger charge is -2.04. The van der Waals surface area contributed by atoms with E-state index < -0.39 is 12.1 Å². The number of aliphatic carboxylic acids is 1. The van der Waals surface area contributed by atoms with Gasteiger partial charge in [-0.3, -0.25) is 9.78 Å². The molecule has 22 heavy (non-hydrogen) atoms. The lowest BCUT2D eigenvalue weighted by atomic mass is 10.0. The van der Waals surface area contributed by atoms with Gasteiger partial charge >= 0.3 is 6.07 Å². The maximum absolute atomic E-state index is 11.4. The highest BCUT2D eigenvalue weighted by Crippen LogP contribution is 2.20. The fourth-order valence-electron chi connectivity index (χ4n) is 1.55. The number of rotatable bonds is 2. The Morgan fingerprint density at radius 2 is 2.00 bits per heavy atom. The summed E-state index contributed by atoms with van der Waals surface area (Å²) in [6.07, 6.45) is 2.03. The van der Waals surface area contributed by atoms with Crippen molar-refractivity contribution >= 4 is 5.97 Å². The van der Waals surface area contributed by atoms with Crippen molar-refractivity contribution in [3.8, 4) is 17.2 Å². The van der Waals surface area contributed by atoms with Crippen LogP contribution in [0.5, 0.6) is 0 Å². The molecular formula is C15H15N3O4. The molecule has 0 fully saturated rings. The highest BCUT2D eigenvalue weighted by atomic mass is 16.4.